The molecule has 2 aliphatic rings. The van der Waals surface area contributed by atoms with Crippen LogP contribution in [0.15, 0.2) is 0 Å². The summed E-state index contributed by atoms with van der Waals surface area (Å²) in [6.45, 7) is 8.61. The van der Waals surface area contributed by atoms with Gasteiger partial charge in [0, 0.05) is 24.5 Å². The summed E-state index contributed by atoms with van der Waals surface area (Å²) in [5.74, 6) is 0.673. The van der Waals surface area contributed by atoms with Gasteiger partial charge in [0.1, 0.15) is 0 Å². The molecule has 1 heterocycles. The highest BCUT2D eigenvalue weighted by Crippen LogP contribution is 2.43. The van der Waals surface area contributed by atoms with Gasteiger partial charge >= 0.3 is 0 Å². The lowest BCUT2D eigenvalue weighted by molar-refractivity contribution is -0.140. The van der Waals surface area contributed by atoms with Crippen LogP contribution >= 0.6 is 0 Å². The minimum absolute atomic E-state index is 0.209. The van der Waals surface area contributed by atoms with Crippen LogP contribution in [-0.2, 0) is 4.79 Å². The molecular weight excluding hydrogens is 224 g/mol. The molecule has 1 amide bonds. The summed E-state index contributed by atoms with van der Waals surface area (Å²) < 4.78 is 0. The molecule has 3 heteroatoms. The zero-order valence-electron chi connectivity index (χ0n) is 12.4. The predicted octanol–water partition coefficient (Wildman–Crippen LogP) is 2.41. The Morgan fingerprint density at radius 2 is 1.78 bits per heavy atom. The van der Waals surface area contributed by atoms with Gasteiger partial charge in [-0.25, -0.2) is 0 Å². The number of hydrogen-bond acceptors (Lipinski definition) is 2. The molecule has 2 rings (SSSR count). The summed E-state index contributed by atoms with van der Waals surface area (Å²) in [7, 11) is 2.03. The van der Waals surface area contributed by atoms with E-state index in [2.05, 4.69) is 31.0 Å². The molecule has 1 atom stereocenters. The second-order valence-corrected chi connectivity index (χ2v) is 7.07. The van der Waals surface area contributed by atoms with Gasteiger partial charge in [-0.3, -0.25) is 4.79 Å². The van der Waals surface area contributed by atoms with E-state index >= 15 is 0 Å². The standard InChI is InChI=1S/C15H28N2O/c1-14(2)7-5-6-12(14)13(18)17-10-8-15(3,16-4)9-11-17/h12,16H,5-11H2,1-4H3. The number of amides is 1. The molecule has 18 heavy (non-hydrogen) atoms. The van der Waals surface area contributed by atoms with Gasteiger partial charge in [-0.05, 0) is 45.1 Å². The topological polar surface area (TPSA) is 32.3 Å². The molecule has 0 aromatic rings. The maximum atomic E-state index is 12.6. The Labute approximate surface area is 111 Å². The molecule has 3 nitrogen and oxygen atoms in total. The average molecular weight is 252 g/mol. The summed E-state index contributed by atoms with van der Waals surface area (Å²) in [6, 6.07) is 0. The van der Waals surface area contributed by atoms with Gasteiger partial charge in [-0.1, -0.05) is 20.3 Å². The number of nitrogens with one attached hydrogen (secondary N) is 1. The fourth-order valence-corrected chi connectivity index (χ4v) is 3.48. The molecule has 1 saturated heterocycles. The molecule has 1 N–H and O–H groups in total. The largest absolute Gasteiger partial charge is 0.342 e. The third-order valence-corrected chi connectivity index (χ3v) is 5.34. The van der Waals surface area contributed by atoms with Crippen molar-refractivity contribution in [2.75, 3.05) is 20.1 Å². The normalized spacial score (nSPS) is 30.4. The second-order valence-electron chi connectivity index (χ2n) is 7.07. The Morgan fingerprint density at radius 3 is 2.22 bits per heavy atom. The number of piperidine rings is 1. The smallest absolute Gasteiger partial charge is 0.226 e. The van der Waals surface area contributed by atoms with Crippen LogP contribution in [0.1, 0.15) is 52.9 Å². The molecule has 104 valence electrons. The summed E-state index contributed by atoms with van der Waals surface area (Å²) >= 11 is 0. The molecule has 0 aromatic carbocycles. The van der Waals surface area contributed by atoms with Gasteiger partial charge in [-0.2, -0.15) is 0 Å². The van der Waals surface area contributed by atoms with Crippen molar-refractivity contribution >= 4 is 5.91 Å². The van der Waals surface area contributed by atoms with Crippen molar-refractivity contribution in [1.82, 2.24) is 10.2 Å². The van der Waals surface area contributed by atoms with E-state index in [-0.39, 0.29) is 16.9 Å². The quantitative estimate of drug-likeness (QED) is 0.818. The zero-order valence-corrected chi connectivity index (χ0v) is 12.4. The number of hydrogen-bond donors (Lipinski definition) is 1. The van der Waals surface area contributed by atoms with Crippen molar-refractivity contribution in [3.63, 3.8) is 0 Å². The number of rotatable bonds is 2. The van der Waals surface area contributed by atoms with Gasteiger partial charge in [-0.15, -0.1) is 0 Å². The lowest BCUT2D eigenvalue weighted by atomic mass is 9.80. The van der Waals surface area contributed by atoms with Crippen molar-refractivity contribution in [2.45, 2.75) is 58.4 Å². The van der Waals surface area contributed by atoms with Crippen molar-refractivity contribution in [2.24, 2.45) is 11.3 Å². The Morgan fingerprint density at radius 1 is 1.17 bits per heavy atom. The summed E-state index contributed by atoms with van der Waals surface area (Å²) in [5, 5.41) is 3.39. The minimum Gasteiger partial charge on any atom is -0.342 e. The molecule has 2 fully saturated rings. The first-order valence-electron chi connectivity index (χ1n) is 7.36. The monoisotopic (exact) mass is 252 g/mol. The number of likely N-dealkylation sites (tertiary alicyclic amines) is 1. The van der Waals surface area contributed by atoms with Crippen molar-refractivity contribution < 1.29 is 4.79 Å². The predicted molar refractivity (Wildman–Crippen MR) is 74.4 cm³/mol. The number of carbonyl (C=O) groups excluding carboxylic acids is 1. The maximum Gasteiger partial charge on any atom is 0.226 e. The van der Waals surface area contributed by atoms with Crippen LogP contribution in [0.5, 0.6) is 0 Å². The third-order valence-electron chi connectivity index (χ3n) is 5.34. The molecule has 0 spiro atoms. The Balaban J connectivity index is 1.96. The third kappa shape index (κ3) is 2.56. The van der Waals surface area contributed by atoms with Gasteiger partial charge < -0.3 is 10.2 Å². The summed E-state index contributed by atoms with van der Waals surface area (Å²) in [5.41, 5.74) is 0.433. The van der Waals surface area contributed by atoms with Crippen LogP contribution in [-0.4, -0.2) is 36.5 Å². The first-order chi connectivity index (χ1) is 8.38. The fraction of sp³-hybridized carbons (Fsp3) is 0.933. The van der Waals surface area contributed by atoms with Crippen LogP contribution in [0.4, 0.5) is 0 Å². The second kappa shape index (κ2) is 4.84. The van der Waals surface area contributed by atoms with E-state index in [4.69, 9.17) is 0 Å². The van der Waals surface area contributed by atoms with Gasteiger partial charge in [0.15, 0.2) is 0 Å². The van der Waals surface area contributed by atoms with E-state index in [1.165, 1.54) is 12.8 Å². The molecule has 1 aliphatic heterocycles. The molecule has 1 saturated carbocycles. The van der Waals surface area contributed by atoms with Crippen LogP contribution in [0.3, 0.4) is 0 Å². The van der Waals surface area contributed by atoms with E-state index in [1.54, 1.807) is 0 Å². The number of carbonyl (C=O) groups is 1. The highest BCUT2D eigenvalue weighted by atomic mass is 16.2. The Hall–Kier alpha value is -0.570. The maximum absolute atomic E-state index is 12.6. The van der Waals surface area contributed by atoms with Gasteiger partial charge in [0.2, 0.25) is 5.91 Å². The van der Waals surface area contributed by atoms with E-state index in [9.17, 15) is 4.79 Å². The molecule has 1 unspecified atom stereocenters. The average Bonchev–Trinajstić information content (AvgIpc) is 2.69. The summed E-state index contributed by atoms with van der Waals surface area (Å²) in [6.07, 6.45) is 5.65. The SMILES string of the molecule is CNC1(C)CCN(C(=O)C2CCCC2(C)C)CC1. The molecule has 0 radical (unpaired) electrons. The van der Waals surface area contributed by atoms with Gasteiger partial charge in [0.05, 0.1) is 0 Å². The molecule has 1 aliphatic carbocycles. The Bertz CT molecular complexity index is 316. The van der Waals surface area contributed by atoms with E-state index < -0.39 is 0 Å². The van der Waals surface area contributed by atoms with E-state index in [0.717, 1.165) is 32.4 Å². The highest BCUT2D eigenvalue weighted by Gasteiger charge is 2.42. The van der Waals surface area contributed by atoms with Crippen molar-refractivity contribution in [3.05, 3.63) is 0 Å². The lowest BCUT2D eigenvalue weighted by Gasteiger charge is -2.41. The van der Waals surface area contributed by atoms with Crippen LogP contribution in [0, 0.1) is 11.3 Å². The molecule has 0 aromatic heterocycles. The van der Waals surface area contributed by atoms with Crippen molar-refractivity contribution in [1.29, 1.82) is 0 Å². The summed E-state index contributed by atoms with van der Waals surface area (Å²) in [4.78, 5) is 14.7. The van der Waals surface area contributed by atoms with E-state index in [0.29, 0.717) is 5.91 Å². The first-order valence-corrected chi connectivity index (χ1v) is 7.36. The molecule has 0 bridgehead atoms. The van der Waals surface area contributed by atoms with Crippen LogP contribution in [0.2, 0.25) is 0 Å². The first kappa shape index (κ1) is 13.9. The lowest BCUT2D eigenvalue weighted by Crippen LogP contribution is -2.53. The van der Waals surface area contributed by atoms with E-state index in [1.807, 2.05) is 7.05 Å². The van der Waals surface area contributed by atoms with Crippen LogP contribution < -0.4 is 5.32 Å². The van der Waals surface area contributed by atoms with Gasteiger partial charge in [0.25, 0.3) is 0 Å². The fourth-order valence-electron chi connectivity index (χ4n) is 3.48. The van der Waals surface area contributed by atoms with Crippen LogP contribution in [0.25, 0.3) is 0 Å². The highest BCUT2D eigenvalue weighted by molar-refractivity contribution is 5.80. The number of nitrogens with zero attached hydrogens (tertiary/aromatic N) is 1. The minimum atomic E-state index is 0.209. The zero-order chi connectivity index (χ0) is 13.4. The van der Waals surface area contributed by atoms with Crippen molar-refractivity contribution in [3.8, 4) is 0 Å². The molecular formula is C15H28N2O. The Kier molecular flexibility index (Phi) is 3.72.